The topological polar surface area (TPSA) is 21.3 Å². The Morgan fingerprint density at radius 1 is 1.38 bits per heavy atom. The largest absolute Gasteiger partial charge is 0.489 e. The summed E-state index contributed by atoms with van der Waals surface area (Å²) in [6.45, 7) is 9.41. The minimum absolute atomic E-state index is 0.142. The van der Waals surface area contributed by atoms with Crippen LogP contribution in [-0.2, 0) is 0 Å². The van der Waals surface area contributed by atoms with Gasteiger partial charge in [0.05, 0.1) is 0 Å². The maximum atomic E-state index is 5.82. The molecule has 0 spiro atoms. The third-order valence-electron chi connectivity index (χ3n) is 2.05. The molecule has 1 N–H and O–H groups in total. The lowest BCUT2D eigenvalue weighted by Crippen LogP contribution is -2.41. The normalized spacial score (nSPS) is 13.6. The standard InChI is InChI=1S/C13H20INO/c1-10(9-15-13(2,3)4)16-12-7-5-6-11(14)8-12/h5-8,10,15H,9H2,1-4H3. The molecule has 0 saturated heterocycles. The summed E-state index contributed by atoms with van der Waals surface area (Å²) in [7, 11) is 0. The highest BCUT2D eigenvalue weighted by molar-refractivity contribution is 14.1. The van der Waals surface area contributed by atoms with E-state index in [-0.39, 0.29) is 11.6 Å². The molecular weight excluding hydrogens is 313 g/mol. The van der Waals surface area contributed by atoms with Crippen LogP contribution in [0.25, 0.3) is 0 Å². The molecule has 1 aromatic rings. The van der Waals surface area contributed by atoms with Gasteiger partial charge in [0.2, 0.25) is 0 Å². The third-order valence-corrected chi connectivity index (χ3v) is 2.72. The van der Waals surface area contributed by atoms with Crippen molar-refractivity contribution in [3.63, 3.8) is 0 Å². The van der Waals surface area contributed by atoms with E-state index >= 15 is 0 Å². The van der Waals surface area contributed by atoms with Gasteiger partial charge in [-0.05, 0) is 68.5 Å². The van der Waals surface area contributed by atoms with Gasteiger partial charge in [0.15, 0.2) is 0 Å². The Hall–Kier alpha value is -0.290. The SMILES string of the molecule is CC(CNC(C)(C)C)Oc1cccc(I)c1. The molecule has 0 aliphatic heterocycles. The highest BCUT2D eigenvalue weighted by atomic mass is 127. The van der Waals surface area contributed by atoms with E-state index in [2.05, 4.69) is 61.7 Å². The highest BCUT2D eigenvalue weighted by Crippen LogP contribution is 2.16. The molecule has 0 fully saturated rings. The summed E-state index contributed by atoms with van der Waals surface area (Å²) in [5.41, 5.74) is 0.142. The van der Waals surface area contributed by atoms with Crippen molar-refractivity contribution < 1.29 is 4.74 Å². The predicted molar refractivity (Wildman–Crippen MR) is 77.0 cm³/mol. The maximum absolute atomic E-state index is 5.82. The van der Waals surface area contributed by atoms with Crippen LogP contribution in [0.5, 0.6) is 5.75 Å². The molecule has 0 bridgehead atoms. The number of benzene rings is 1. The second-order valence-corrected chi connectivity index (χ2v) is 6.26. The van der Waals surface area contributed by atoms with Gasteiger partial charge < -0.3 is 10.1 Å². The fourth-order valence-corrected chi connectivity index (χ4v) is 1.78. The summed E-state index contributed by atoms with van der Waals surface area (Å²) in [5.74, 6) is 0.940. The van der Waals surface area contributed by atoms with Crippen molar-refractivity contribution in [3.05, 3.63) is 27.8 Å². The molecule has 0 radical (unpaired) electrons. The van der Waals surface area contributed by atoms with E-state index in [1.54, 1.807) is 0 Å². The molecule has 16 heavy (non-hydrogen) atoms. The van der Waals surface area contributed by atoms with E-state index in [4.69, 9.17) is 4.74 Å². The molecule has 3 heteroatoms. The molecule has 0 saturated carbocycles. The Bertz CT molecular complexity index is 333. The average Bonchev–Trinajstić information content (AvgIpc) is 2.14. The van der Waals surface area contributed by atoms with Crippen LogP contribution >= 0.6 is 22.6 Å². The summed E-state index contributed by atoms with van der Waals surface area (Å²) in [6, 6.07) is 8.12. The van der Waals surface area contributed by atoms with Gasteiger partial charge >= 0.3 is 0 Å². The van der Waals surface area contributed by atoms with Gasteiger partial charge in [-0.15, -0.1) is 0 Å². The summed E-state index contributed by atoms with van der Waals surface area (Å²) >= 11 is 2.29. The Morgan fingerprint density at radius 2 is 2.06 bits per heavy atom. The molecule has 0 heterocycles. The minimum Gasteiger partial charge on any atom is -0.489 e. The minimum atomic E-state index is 0.142. The summed E-state index contributed by atoms with van der Waals surface area (Å²) in [6.07, 6.45) is 0.178. The predicted octanol–water partition coefficient (Wildman–Crippen LogP) is 3.45. The zero-order chi connectivity index (χ0) is 12.2. The number of nitrogens with one attached hydrogen (secondary N) is 1. The number of ether oxygens (including phenoxy) is 1. The Balaban J connectivity index is 2.43. The van der Waals surface area contributed by atoms with Crippen LogP contribution in [-0.4, -0.2) is 18.2 Å². The lowest BCUT2D eigenvalue weighted by atomic mass is 10.1. The summed E-state index contributed by atoms with van der Waals surface area (Å²) in [4.78, 5) is 0. The van der Waals surface area contributed by atoms with Crippen molar-refractivity contribution >= 4 is 22.6 Å². The molecular formula is C13H20INO. The van der Waals surface area contributed by atoms with Crippen molar-refractivity contribution in [2.45, 2.75) is 39.3 Å². The van der Waals surface area contributed by atoms with Crippen LogP contribution in [0.4, 0.5) is 0 Å². The second kappa shape index (κ2) is 5.87. The number of hydrogen-bond acceptors (Lipinski definition) is 2. The Kier molecular flexibility index (Phi) is 5.05. The van der Waals surface area contributed by atoms with Crippen molar-refractivity contribution in [2.24, 2.45) is 0 Å². The first-order valence-electron chi connectivity index (χ1n) is 5.54. The quantitative estimate of drug-likeness (QED) is 0.853. The molecule has 1 unspecified atom stereocenters. The average molecular weight is 333 g/mol. The van der Waals surface area contributed by atoms with E-state index in [0.717, 1.165) is 12.3 Å². The molecule has 1 atom stereocenters. The van der Waals surface area contributed by atoms with Crippen LogP contribution in [0, 0.1) is 3.57 Å². The highest BCUT2D eigenvalue weighted by Gasteiger charge is 2.11. The number of halogens is 1. The summed E-state index contributed by atoms with van der Waals surface area (Å²) in [5, 5.41) is 3.43. The van der Waals surface area contributed by atoms with Gasteiger partial charge in [0.1, 0.15) is 11.9 Å². The summed E-state index contributed by atoms with van der Waals surface area (Å²) < 4.78 is 7.02. The van der Waals surface area contributed by atoms with Gasteiger partial charge in [0.25, 0.3) is 0 Å². The monoisotopic (exact) mass is 333 g/mol. The molecule has 1 aromatic carbocycles. The van der Waals surface area contributed by atoms with E-state index in [1.807, 2.05) is 18.2 Å². The first-order chi connectivity index (χ1) is 7.37. The van der Waals surface area contributed by atoms with Crippen molar-refractivity contribution in [1.29, 1.82) is 0 Å². The van der Waals surface area contributed by atoms with Crippen LogP contribution in [0.2, 0.25) is 0 Å². The molecule has 0 aliphatic rings. The van der Waals surface area contributed by atoms with E-state index in [9.17, 15) is 0 Å². The first kappa shape index (κ1) is 13.8. The maximum Gasteiger partial charge on any atom is 0.120 e. The molecule has 0 aromatic heterocycles. The fourth-order valence-electron chi connectivity index (χ4n) is 1.26. The van der Waals surface area contributed by atoms with Gasteiger partial charge in [-0.3, -0.25) is 0 Å². The van der Waals surface area contributed by atoms with Crippen LogP contribution in [0.3, 0.4) is 0 Å². The molecule has 90 valence electrons. The Labute approximate surface area is 112 Å². The number of rotatable bonds is 4. The van der Waals surface area contributed by atoms with Crippen molar-refractivity contribution in [1.82, 2.24) is 5.32 Å². The fraction of sp³-hybridized carbons (Fsp3) is 0.538. The van der Waals surface area contributed by atoms with Gasteiger partial charge in [-0.1, -0.05) is 6.07 Å². The zero-order valence-corrected chi connectivity index (χ0v) is 12.5. The van der Waals surface area contributed by atoms with E-state index in [1.165, 1.54) is 3.57 Å². The van der Waals surface area contributed by atoms with Gasteiger partial charge in [-0.2, -0.15) is 0 Å². The van der Waals surface area contributed by atoms with Gasteiger partial charge in [0, 0.05) is 15.7 Å². The molecule has 0 amide bonds. The third kappa shape index (κ3) is 5.70. The van der Waals surface area contributed by atoms with E-state index in [0.29, 0.717) is 0 Å². The van der Waals surface area contributed by atoms with E-state index < -0.39 is 0 Å². The van der Waals surface area contributed by atoms with Crippen molar-refractivity contribution in [2.75, 3.05) is 6.54 Å². The van der Waals surface area contributed by atoms with Crippen molar-refractivity contribution in [3.8, 4) is 5.75 Å². The molecule has 2 nitrogen and oxygen atoms in total. The Morgan fingerprint density at radius 3 is 2.62 bits per heavy atom. The van der Waals surface area contributed by atoms with Crippen LogP contribution in [0.1, 0.15) is 27.7 Å². The first-order valence-corrected chi connectivity index (χ1v) is 6.62. The number of hydrogen-bond donors (Lipinski definition) is 1. The van der Waals surface area contributed by atoms with Gasteiger partial charge in [-0.25, -0.2) is 0 Å². The smallest absolute Gasteiger partial charge is 0.120 e. The second-order valence-electron chi connectivity index (χ2n) is 5.02. The molecule has 0 aliphatic carbocycles. The van der Waals surface area contributed by atoms with Crippen LogP contribution < -0.4 is 10.1 Å². The zero-order valence-electron chi connectivity index (χ0n) is 10.4. The lowest BCUT2D eigenvalue weighted by Gasteiger charge is -2.24. The molecule has 1 rings (SSSR count). The van der Waals surface area contributed by atoms with Crippen LogP contribution in [0.15, 0.2) is 24.3 Å². The lowest BCUT2D eigenvalue weighted by molar-refractivity contribution is 0.203.